The SMILES string of the molecule is COC(=O)c1ccc(N)c(OC(C)c2ccccc2)n1. The summed E-state index contributed by atoms with van der Waals surface area (Å²) in [5.41, 5.74) is 7.35. The van der Waals surface area contributed by atoms with Crippen molar-refractivity contribution in [2.45, 2.75) is 13.0 Å². The van der Waals surface area contributed by atoms with Crippen molar-refractivity contribution in [1.29, 1.82) is 0 Å². The second kappa shape index (κ2) is 6.06. The van der Waals surface area contributed by atoms with E-state index >= 15 is 0 Å². The standard InChI is InChI=1S/C15H16N2O3/c1-10(11-6-4-3-5-7-11)20-14-12(16)8-9-13(17-14)15(18)19-2/h3-10H,16H2,1-2H3. The lowest BCUT2D eigenvalue weighted by Crippen LogP contribution is -2.10. The Morgan fingerprint density at radius 2 is 1.90 bits per heavy atom. The molecule has 0 fully saturated rings. The number of benzene rings is 1. The van der Waals surface area contributed by atoms with Gasteiger partial charge in [0, 0.05) is 0 Å². The zero-order chi connectivity index (χ0) is 14.5. The molecule has 0 aliphatic carbocycles. The first-order valence-electron chi connectivity index (χ1n) is 6.18. The maximum absolute atomic E-state index is 11.5. The molecule has 20 heavy (non-hydrogen) atoms. The van der Waals surface area contributed by atoms with Crippen LogP contribution in [0.4, 0.5) is 5.69 Å². The second-order valence-electron chi connectivity index (χ2n) is 4.25. The third-order valence-electron chi connectivity index (χ3n) is 2.84. The summed E-state index contributed by atoms with van der Waals surface area (Å²) in [5.74, 6) is -0.300. The zero-order valence-electron chi connectivity index (χ0n) is 11.4. The minimum atomic E-state index is -0.526. The van der Waals surface area contributed by atoms with Crippen molar-refractivity contribution in [3.05, 3.63) is 53.7 Å². The third-order valence-corrected chi connectivity index (χ3v) is 2.84. The van der Waals surface area contributed by atoms with Crippen molar-refractivity contribution < 1.29 is 14.3 Å². The average molecular weight is 272 g/mol. The molecule has 5 heteroatoms. The lowest BCUT2D eigenvalue weighted by molar-refractivity contribution is 0.0592. The smallest absolute Gasteiger partial charge is 0.356 e. The third kappa shape index (κ3) is 3.06. The van der Waals surface area contributed by atoms with Crippen LogP contribution in [0.1, 0.15) is 29.1 Å². The maximum atomic E-state index is 11.5. The molecule has 1 aromatic heterocycles. The topological polar surface area (TPSA) is 74.4 Å². The summed E-state index contributed by atoms with van der Waals surface area (Å²) in [7, 11) is 1.30. The predicted octanol–water partition coefficient (Wildman–Crippen LogP) is 2.59. The van der Waals surface area contributed by atoms with Crippen LogP contribution >= 0.6 is 0 Å². The number of pyridine rings is 1. The van der Waals surface area contributed by atoms with Crippen LogP contribution in [0.15, 0.2) is 42.5 Å². The number of nitrogens with two attached hydrogens (primary N) is 1. The van der Waals surface area contributed by atoms with Gasteiger partial charge in [0.2, 0.25) is 5.88 Å². The van der Waals surface area contributed by atoms with Crippen molar-refractivity contribution >= 4 is 11.7 Å². The molecule has 0 spiro atoms. The van der Waals surface area contributed by atoms with Gasteiger partial charge in [-0.15, -0.1) is 0 Å². The molecule has 2 rings (SSSR count). The number of nitrogen functional groups attached to an aromatic ring is 1. The molecule has 1 atom stereocenters. The highest BCUT2D eigenvalue weighted by Gasteiger charge is 2.14. The minimum Gasteiger partial charge on any atom is -0.468 e. The number of carbonyl (C=O) groups excluding carboxylic acids is 1. The van der Waals surface area contributed by atoms with Gasteiger partial charge in [-0.25, -0.2) is 9.78 Å². The lowest BCUT2D eigenvalue weighted by Gasteiger charge is -2.15. The van der Waals surface area contributed by atoms with E-state index in [0.717, 1.165) is 5.56 Å². The van der Waals surface area contributed by atoms with Crippen molar-refractivity contribution in [3.8, 4) is 5.88 Å². The van der Waals surface area contributed by atoms with Crippen molar-refractivity contribution in [2.75, 3.05) is 12.8 Å². The number of methoxy groups -OCH3 is 1. The van der Waals surface area contributed by atoms with Gasteiger partial charge in [-0.1, -0.05) is 30.3 Å². The van der Waals surface area contributed by atoms with E-state index in [9.17, 15) is 4.79 Å². The van der Waals surface area contributed by atoms with Crippen LogP contribution in [-0.4, -0.2) is 18.1 Å². The fraction of sp³-hybridized carbons (Fsp3) is 0.200. The highest BCUT2D eigenvalue weighted by atomic mass is 16.5. The summed E-state index contributed by atoms with van der Waals surface area (Å²) in [5, 5.41) is 0. The average Bonchev–Trinajstić information content (AvgIpc) is 2.49. The van der Waals surface area contributed by atoms with Gasteiger partial charge in [0.05, 0.1) is 12.8 Å². The number of esters is 1. The quantitative estimate of drug-likeness (QED) is 0.866. The molecule has 1 unspecified atom stereocenters. The molecule has 0 saturated heterocycles. The number of hydrogen-bond acceptors (Lipinski definition) is 5. The Bertz CT molecular complexity index is 599. The number of nitrogens with zero attached hydrogens (tertiary/aromatic N) is 1. The second-order valence-corrected chi connectivity index (χ2v) is 4.25. The van der Waals surface area contributed by atoms with Crippen molar-refractivity contribution in [1.82, 2.24) is 4.98 Å². The Hall–Kier alpha value is -2.56. The zero-order valence-corrected chi connectivity index (χ0v) is 11.4. The molecule has 5 nitrogen and oxygen atoms in total. The van der Waals surface area contributed by atoms with Gasteiger partial charge in [0.1, 0.15) is 6.10 Å². The van der Waals surface area contributed by atoms with Gasteiger partial charge < -0.3 is 15.2 Å². The summed E-state index contributed by atoms with van der Waals surface area (Å²) >= 11 is 0. The molecular formula is C15H16N2O3. The fourth-order valence-electron chi connectivity index (χ4n) is 1.72. The number of anilines is 1. The molecule has 0 aliphatic rings. The van der Waals surface area contributed by atoms with E-state index in [1.807, 2.05) is 37.3 Å². The molecule has 0 aliphatic heterocycles. The maximum Gasteiger partial charge on any atom is 0.356 e. The Balaban J connectivity index is 2.22. The van der Waals surface area contributed by atoms with E-state index in [1.165, 1.54) is 13.2 Å². The largest absolute Gasteiger partial charge is 0.468 e. The molecule has 2 aromatic rings. The summed E-state index contributed by atoms with van der Waals surface area (Å²) in [4.78, 5) is 15.5. The summed E-state index contributed by atoms with van der Waals surface area (Å²) in [6.45, 7) is 1.89. The Morgan fingerprint density at radius 3 is 2.55 bits per heavy atom. The fourth-order valence-corrected chi connectivity index (χ4v) is 1.72. The Kier molecular flexibility index (Phi) is 4.20. The van der Waals surface area contributed by atoms with Gasteiger partial charge in [-0.05, 0) is 24.6 Å². The van der Waals surface area contributed by atoms with Crippen molar-refractivity contribution in [3.63, 3.8) is 0 Å². The molecular weight excluding hydrogens is 256 g/mol. The van der Waals surface area contributed by atoms with E-state index in [-0.39, 0.29) is 17.7 Å². The minimum absolute atomic E-state index is 0.164. The highest BCUT2D eigenvalue weighted by Crippen LogP contribution is 2.25. The summed E-state index contributed by atoms with van der Waals surface area (Å²) < 4.78 is 10.3. The molecule has 1 heterocycles. The van der Waals surface area contributed by atoms with Crippen LogP contribution in [0.3, 0.4) is 0 Å². The number of carbonyl (C=O) groups is 1. The molecule has 0 bridgehead atoms. The molecule has 0 saturated carbocycles. The van der Waals surface area contributed by atoms with Crippen LogP contribution in [0.25, 0.3) is 0 Å². The summed E-state index contributed by atoms with van der Waals surface area (Å²) in [6, 6.07) is 12.8. The van der Waals surface area contributed by atoms with E-state index in [2.05, 4.69) is 9.72 Å². The lowest BCUT2D eigenvalue weighted by atomic mass is 10.1. The monoisotopic (exact) mass is 272 g/mol. The number of aromatic nitrogens is 1. The Labute approximate surface area is 117 Å². The van der Waals surface area contributed by atoms with E-state index in [0.29, 0.717) is 5.69 Å². The number of ether oxygens (including phenoxy) is 2. The van der Waals surface area contributed by atoms with E-state index in [4.69, 9.17) is 10.5 Å². The molecule has 0 amide bonds. The molecule has 104 valence electrons. The van der Waals surface area contributed by atoms with E-state index < -0.39 is 5.97 Å². The van der Waals surface area contributed by atoms with Gasteiger partial charge in [-0.2, -0.15) is 0 Å². The molecule has 1 aromatic carbocycles. The van der Waals surface area contributed by atoms with Crippen LogP contribution in [0, 0.1) is 0 Å². The first kappa shape index (κ1) is 13.9. The van der Waals surface area contributed by atoms with Crippen LogP contribution in [0.2, 0.25) is 0 Å². The first-order valence-corrected chi connectivity index (χ1v) is 6.18. The summed E-state index contributed by atoms with van der Waals surface area (Å²) in [6.07, 6.45) is -0.223. The number of rotatable bonds is 4. The van der Waals surface area contributed by atoms with E-state index in [1.54, 1.807) is 6.07 Å². The van der Waals surface area contributed by atoms with Crippen LogP contribution in [-0.2, 0) is 4.74 Å². The van der Waals surface area contributed by atoms with Crippen molar-refractivity contribution in [2.24, 2.45) is 0 Å². The van der Waals surface area contributed by atoms with Crippen LogP contribution < -0.4 is 10.5 Å². The van der Waals surface area contributed by atoms with Gasteiger partial charge in [0.15, 0.2) is 5.69 Å². The van der Waals surface area contributed by atoms with Gasteiger partial charge in [-0.3, -0.25) is 0 Å². The molecule has 2 N–H and O–H groups in total. The highest BCUT2D eigenvalue weighted by molar-refractivity contribution is 5.87. The van der Waals surface area contributed by atoms with Gasteiger partial charge >= 0.3 is 5.97 Å². The van der Waals surface area contributed by atoms with Crippen LogP contribution in [0.5, 0.6) is 5.88 Å². The normalized spacial score (nSPS) is 11.7. The first-order chi connectivity index (χ1) is 9.61. The molecule has 0 radical (unpaired) electrons. The predicted molar refractivity (Wildman–Crippen MR) is 75.5 cm³/mol. The Morgan fingerprint density at radius 1 is 1.20 bits per heavy atom. The number of hydrogen-bond donors (Lipinski definition) is 1. The van der Waals surface area contributed by atoms with Gasteiger partial charge in [0.25, 0.3) is 0 Å².